The van der Waals surface area contributed by atoms with Crippen molar-refractivity contribution >= 4 is 17.1 Å². The van der Waals surface area contributed by atoms with E-state index in [4.69, 9.17) is 0 Å². The summed E-state index contributed by atoms with van der Waals surface area (Å²) in [5.41, 5.74) is 2.36. The van der Waals surface area contributed by atoms with Gasteiger partial charge in [0.2, 0.25) is 0 Å². The van der Waals surface area contributed by atoms with Crippen LogP contribution in [0.2, 0.25) is 0 Å². The number of hydrogen-bond acceptors (Lipinski definition) is 3. The largest absolute Gasteiger partial charge is 0.292 e. The molecule has 1 heterocycles. The van der Waals surface area contributed by atoms with Crippen LogP contribution >= 0.6 is 11.3 Å². The molecule has 0 saturated heterocycles. The van der Waals surface area contributed by atoms with E-state index >= 15 is 0 Å². The van der Waals surface area contributed by atoms with Crippen molar-refractivity contribution in [3.63, 3.8) is 0 Å². The number of nitrogens with zero attached hydrogens (tertiary/aromatic N) is 1. The standard InChI is InChI=1S/C8H11NOS/c1-5(2)8(10)7-6(3)11-4-9-7/h4-5H,1-3H3. The van der Waals surface area contributed by atoms with Gasteiger partial charge in [0.05, 0.1) is 5.51 Å². The van der Waals surface area contributed by atoms with E-state index in [1.165, 1.54) is 11.3 Å². The molecule has 0 aliphatic rings. The summed E-state index contributed by atoms with van der Waals surface area (Å²) in [5.74, 6) is 0.194. The number of rotatable bonds is 2. The monoisotopic (exact) mass is 169 g/mol. The zero-order chi connectivity index (χ0) is 8.43. The topological polar surface area (TPSA) is 30.0 Å². The van der Waals surface area contributed by atoms with Crippen LogP contribution in [0, 0.1) is 12.8 Å². The second-order valence-corrected chi connectivity index (χ2v) is 3.83. The van der Waals surface area contributed by atoms with E-state index in [-0.39, 0.29) is 11.7 Å². The van der Waals surface area contributed by atoms with E-state index in [1.807, 2.05) is 20.8 Å². The Hall–Kier alpha value is -0.700. The van der Waals surface area contributed by atoms with E-state index < -0.39 is 0 Å². The molecule has 0 unspecified atom stereocenters. The van der Waals surface area contributed by atoms with Crippen molar-refractivity contribution in [3.05, 3.63) is 16.1 Å². The minimum absolute atomic E-state index is 0.0517. The zero-order valence-electron chi connectivity index (χ0n) is 6.92. The summed E-state index contributed by atoms with van der Waals surface area (Å²) in [4.78, 5) is 16.4. The first-order chi connectivity index (χ1) is 5.13. The summed E-state index contributed by atoms with van der Waals surface area (Å²) in [6.07, 6.45) is 0. The van der Waals surface area contributed by atoms with Crippen LogP contribution < -0.4 is 0 Å². The van der Waals surface area contributed by atoms with Crippen molar-refractivity contribution in [3.8, 4) is 0 Å². The van der Waals surface area contributed by atoms with Crippen molar-refractivity contribution in [1.82, 2.24) is 4.98 Å². The van der Waals surface area contributed by atoms with Crippen LogP contribution in [0.1, 0.15) is 29.2 Å². The molecule has 60 valence electrons. The molecule has 0 aromatic carbocycles. The summed E-state index contributed by atoms with van der Waals surface area (Å²) in [7, 11) is 0. The quantitative estimate of drug-likeness (QED) is 0.636. The summed E-state index contributed by atoms with van der Waals surface area (Å²) in [5, 5.41) is 0. The Bertz CT molecular complexity index is 265. The molecular formula is C8H11NOS. The predicted molar refractivity (Wildman–Crippen MR) is 46.0 cm³/mol. The van der Waals surface area contributed by atoms with Crippen LogP contribution in [-0.4, -0.2) is 10.8 Å². The lowest BCUT2D eigenvalue weighted by Gasteiger charge is -1.99. The molecule has 1 aromatic heterocycles. The number of ketones is 1. The van der Waals surface area contributed by atoms with Gasteiger partial charge in [-0.3, -0.25) is 4.79 Å². The predicted octanol–water partition coefficient (Wildman–Crippen LogP) is 2.29. The first-order valence-electron chi connectivity index (χ1n) is 3.57. The van der Waals surface area contributed by atoms with E-state index in [9.17, 15) is 4.79 Å². The highest BCUT2D eigenvalue weighted by Gasteiger charge is 2.14. The normalized spacial score (nSPS) is 10.5. The molecule has 0 aliphatic carbocycles. The van der Waals surface area contributed by atoms with Crippen molar-refractivity contribution in [2.24, 2.45) is 5.92 Å². The molecular weight excluding hydrogens is 158 g/mol. The average Bonchev–Trinajstić information content (AvgIpc) is 2.33. The second-order valence-electron chi connectivity index (χ2n) is 2.78. The molecule has 0 radical (unpaired) electrons. The highest BCUT2D eigenvalue weighted by atomic mass is 32.1. The van der Waals surface area contributed by atoms with Gasteiger partial charge in [-0.2, -0.15) is 0 Å². The van der Waals surface area contributed by atoms with Gasteiger partial charge in [0.25, 0.3) is 0 Å². The van der Waals surface area contributed by atoms with Gasteiger partial charge in [0.15, 0.2) is 5.78 Å². The fourth-order valence-corrected chi connectivity index (χ4v) is 1.40. The number of hydrogen-bond donors (Lipinski definition) is 0. The lowest BCUT2D eigenvalue weighted by Crippen LogP contribution is -2.08. The smallest absolute Gasteiger partial charge is 0.184 e. The number of aryl methyl sites for hydroxylation is 1. The Morgan fingerprint density at radius 2 is 2.27 bits per heavy atom. The number of carbonyl (C=O) groups excluding carboxylic acids is 1. The van der Waals surface area contributed by atoms with Gasteiger partial charge in [-0.05, 0) is 6.92 Å². The maximum Gasteiger partial charge on any atom is 0.184 e. The van der Waals surface area contributed by atoms with E-state index in [0.29, 0.717) is 5.69 Å². The summed E-state index contributed by atoms with van der Waals surface area (Å²) < 4.78 is 0. The lowest BCUT2D eigenvalue weighted by atomic mass is 10.1. The SMILES string of the molecule is Cc1scnc1C(=O)C(C)C. The number of thiazole rings is 1. The first kappa shape index (κ1) is 8.40. The number of carbonyl (C=O) groups is 1. The molecule has 0 amide bonds. The summed E-state index contributed by atoms with van der Waals surface area (Å²) in [6.45, 7) is 5.70. The molecule has 3 heteroatoms. The average molecular weight is 169 g/mol. The Morgan fingerprint density at radius 1 is 1.64 bits per heavy atom. The van der Waals surface area contributed by atoms with E-state index in [1.54, 1.807) is 5.51 Å². The fraction of sp³-hybridized carbons (Fsp3) is 0.500. The summed E-state index contributed by atoms with van der Waals surface area (Å²) in [6, 6.07) is 0. The molecule has 0 saturated carbocycles. The third-order valence-electron chi connectivity index (χ3n) is 1.50. The molecule has 0 N–H and O–H groups in total. The van der Waals surface area contributed by atoms with Crippen LogP contribution in [0.25, 0.3) is 0 Å². The molecule has 1 aromatic rings. The number of Topliss-reactive ketones (excluding diaryl/α,β-unsaturated/α-hetero) is 1. The third kappa shape index (κ3) is 1.66. The molecule has 11 heavy (non-hydrogen) atoms. The van der Waals surface area contributed by atoms with Crippen LogP contribution in [-0.2, 0) is 0 Å². The molecule has 0 atom stereocenters. The maximum atomic E-state index is 11.4. The van der Waals surface area contributed by atoms with Crippen LogP contribution in [0.3, 0.4) is 0 Å². The zero-order valence-corrected chi connectivity index (χ0v) is 7.73. The maximum absolute atomic E-state index is 11.4. The Morgan fingerprint density at radius 3 is 2.64 bits per heavy atom. The van der Waals surface area contributed by atoms with Crippen molar-refractivity contribution in [1.29, 1.82) is 0 Å². The first-order valence-corrected chi connectivity index (χ1v) is 4.45. The Kier molecular flexibility index (Phi) is 2.39. The van der Waals surface area contributed by atoms with Crippen LogP contribution in [0.5, 0.6) is 0 Å². The Labute approximate surface area is 70.3 Å². The molecule has 0 spiro atoms. The minimum atomic E-state index is 0.0517. The fourth-order valence-electron chi connectivity index (χ4n) is 0.815. The van der Waals surface area contributed by atoms with Crippen LogP contribution in [0.4, 0.5) is 0 Å². The van der Waals surface area contributed by atoms with Gasteiger partial charge < -0.3 is 0 Å². The molecule has 2 nitrogen and oxygen atoms in total. The lowest BCUT2D eigenvalue weighted by molar-refractivity contribution is 0.0934. The van der Waals surface area contributed by atoms with Gasteiger partial charge in [0, 0.05) is 10.8 Å². The van der Waals surface area contributed by atoms with E-state index in [0.717, 1.165) is 4.88 Å². The van der Waals surface area contributed by atoms with Gasteiger partial charge in [-0.25, -0.2) is 4.98 Å². The minimum Gasteiger partial charge on any atom is -0.292 e. The second kappa shape index (κ2) is 3.13. The highest BCUT2D eigenvalue weighted by Crippen LogP contribution is 2.14. The van der Waals surface area contributed by atoms with Crippen molar-refractivity contribution in [2.45, 2.75) is 20.8 Å². The van der Waals surface area contributed by atoms with Gasteiger partial charge >= 0.3 is 0 Å². The molecule has 0 bridgehead atoms. The molecule has 1 rings (SSSR count). The molecule has 0 aliphatic heterocycles. The van der Waals surface area contributed by atoms with Gasteiger partial charge in [0.1, 0.15) is 5.69 Å². The highest BCUT2D eigenvalue weighted by molar-refractivity contribution is 7.09. The van der Waals surface area contributed by atoms with Gasteiger partial charge in [-0.15, -0.1) is 11.3 Å². The third-order valence-corrected chi connectivity index (χ3v) is 2.26. The van der Waals surface area contributed by atoms with Crippen LogP contribution in [0.15, 0.2) is 5.51 Å². The van der Waals surface area contributed by atoms with Gasteiger partial charge in [-0.1, -0.05) is 13.8 Å². The Balaban J connectivity index is 2.93. The van der Waals surface area contributed by atoms with Crippen molar-refractivity contribution < 1.29 is 4.79 Å². The number of aromatic nitrogens is 1. The summed E-state index contributed by atoms with van der Waals surface area (Å²) >= 11 is 1.52. The molecule has 0 fully saturated rings. The van der Waals surface area contributed by atoms with E-state index in [2.05, 4.69) is 4.98 Å². The van der Waals surface area contributed by atoms with Crippen molar-refractivity contribution in [2.75, 3.05) is 0 Å².